The Morgan fingerprint density at radius 2 is 1.69 bits per heavy atom. The Morgan fingerprint density at radius 3 is 2.31 bits per heavy atom. The highest BCUT2D eigenvalue weighted by atomic mass is 32.2. The van der Waals surface area contributed by atoms with Gasteiger partial charge in [0.15, 0.2) is 11.5 Å². The molecule has 2 heterocycles. The van der Waals surface area contributed by atoms with Crippen LogP contribution in [0.15, 0.2) is 47.6 Å². The van der Waals surface area contributed by atoms with Crippen molar-refractivity contribution >= 4 is 26.8 Å². The van der Waals surface area contributed by atoms with E-state index >= 15 is 0 Å². The summed E-state index contributed by atoms with van der Waals surface area (Å²) in [6, 6.07) is 10.2. The first kappa shape index (κ1) is 25.2. The van der Waals surface area contributed by atoms with Gasteiger partial charge in [0.1, 0.15) is 12.1 Å². The van der Waals surface area contributed by atoms with E-state index in [0.29, 0.717) is 37.4 Å². The molecular weight excluding hydrogens is 470 g/mol. The second kappa shape index (κ2) is 9.96. The Kier molecular flexibility index (Phi) is 7.16. The highest BCUT2D eigenvalue weighted by Crippen LogP contribution is 2.37. The molecule has 0 aliphatic carbocycles. The number of hydrogen-bond acceptors (Lipinski definition) is 9. The topological polar surface area (TPSA) is 111 Å². The minimum Gasteiger partial charge on any atom is -0.493 e. The summed E-state index contributed by atoms with van der Waals surface area (Å²) in [5, 5.41) is 12.1. The summed E-state index contributed by atoms with van der Waals surface area (Å²) in [4.78, 5) is 11.1. The van der Waals surface area contributed by atoms with Crippen molar-refractivity contribution in [2.45, 2.75) is 37.2 Å². The van der Waals surface area contributed by atoms with Gasteiger partial charge in [0, 0.05) is 30.5 Å². The minimum atomic E-state index is -3.89. The first-order chi connectivity index (χ1) is 16.7. The van der Waals surface area contributed by atoms with Gasteiger partial charge < -0.3 is 19.5 Å². The van der Waals surface area contributed by atoms with E-state index in [-0.39, 0.29) is 17.4 Å². The van der Waals surface area contributed by atoms with Gasteiger partial charge in [0.2, 0.25) is 0 Å². The molecule has 188 valence electrons. The zero-order chi connectivity index (χ0) is 25.2. The Balaban J connectivity index is 1.45. The molecule has 1 atom stereocenters. The van der Waals surface area contributed by atoms with E-state index in [9.17, 15) is 13.5 Å². The van der Waals surface area contributed by atoms with Crippen molar-refractivity contribution in [2.75, 3.05) is 38.8 Å². The van der Waals surface area contributed by atoms with Crippen molar-refractivity contribution in [1.29, 1.82) is 0 Å². The second-order valence-corrected chi connectivity index (χ2v) is 10.6. The van der Waals surface area contributed by atoms with Gasteiger partial charge in [-0.05, 0) is 38.0 Å². The number of methoxy groups -OCH3 is 2. The number of hydrogen-bond donors (Lipinski definition) is 1. The highest BCUT2D eigenvalue weighted by molar-refractivity contribution is 7.86. The standard InChI is InChI=1S/C25H31N3O6S/c1-17-5-7-19(8-6-17)35(30,31)34-15-18(2)25(29)9-11-28(12-10-25)24-20-13-22(32-3)23(33-4)14-21(20)26-16-27-24/h5-8,13-14,16,18,29H,9-12,15H2,1-4H3. The van der Waals surface area contributed by atoms with E-state index in [0.717, 1.165) is 22.3 Å². The lowest BCUT2D eigenvalue weighted by atomic mass is 9.81. The average molecular weight is 502 g/mol. The van der Waals surface area contributed by atoms with E-state index in [1.54, 1.807) is 26.4 Å². The fourth-order valence-corrected chi connectivity index (χ4v) is 5.33. The largest absolute Gasteiger partial charge is 0.493 e. The van der Waals surface area contributed by atoms with Gasteiger partial charge >= 0.3 is 0 Å². The fraction of sp³-hybridized carbons (Fsp3) is 0.440. The number of aliphatic hydroxyl groups is 1. The minimum absolute atomic E-state index is 0.0971. The molecule has 0 bridgehead atoms. The first-order valence-electron chi connectivity index (χ1n) is 11.5. The molecule has 2 aromatic carbocycles. The van der Waals surface area contributed by atoms with Crippen molar-refractivity contribution in [2.24, 2.45) is 5.92 Å². The highest BCUT2D eigenvalue weighted by Gasteiger charge is 2.39. The molecule has 1 aliphatic rings. The van der Waals surface area contributed by atoms with Crippen LogP contribution in [0.2, 0.25) is 0 Å². The van der Waals surface area contributed by atoms with Crippen LogP contribution < -0.4 is 14.4 Å². The van der Waals surface area contributed by atoms with Crippen molar-refractivity contribution in [3.05, 3.63) is 48.3 Å². The van der Waals surface area contributed by atoms with Crippen LogP contribution in [-0.2, 0) is 14.3 Å². The van der Waals surface area contributed by atoms with Gasteiger partial charge in [-0.3, -0.25) is 4.18 Å². The van der Waals surface area contributed by atoms with Gasteiger partial charge in [-0.2, -0.15) is 8.42 Å². The molecule has 1 N–H and O–H groups in total. The van der Waals surface area contributed by atoms with E-state index < -0.39 is 15.7 Å². The summed E-state index contributed by atoms with van der Waals surface area (Å²) >= 11 is 0. The van der Waals surface area contributed by atoms with Crippen LogP contribution >= 0.6 is 0 Å². The molecule has 0 radical (unpaired) electrons. The molecular formula is C25H31N3O6S. The maximum Gasteiger partial charge on any atom is 0.296 e. The molecule has 35 heavy (non-hydrogen) atoms. The second-order valence-electron chi connectivity index (χ2n) is 8.96. The third-order valence-electron chi connectivity index (χ3n) is 6.75. The van der Waals surface area contributed by atoms with E-state index in [1.807, 2.05) is 26.0 Å². The summed E-state index contributed by atoms with van der Waals surface area (Å²) in [7, 11) is -0.731. The lowest BCUT2D eigenvalue weighted by Gasteiger charge is -2.42. The van der Waals surface area contributed by atoms with Crippen molar-refractivity contribution in [3.63, 3.8) is 0 Å². The van der Waals surface area contributed by atoms with Gasteiger partial charge in [-0.15, -0.1) is 0 Å². The predicted octanol–water partition coefficient (Wildman–Crippen LogP) is 3.33. The molecule has 1 saturated heterocycles. The molecule has 0 amide bonds. The molecule has 3 aromatic rings. The van der Waals surface area contributed by atoms with Gasteiger partial charge in [-0.25, -0.2) is 9.97 Å². The van der Waals surface area contributed by atoms with E-state index in [2.05, 4.69) is 14.9 Å². The normalized spacial score (nSPS) is 16.8. The Labute approximate surface area is 205 Å². The number of rotatable bonds is 8. The van der Waals surface area contributed by atoms with Crippen molar-refractivity contribution in [3.8, 4) is 11.5 Å². The number of ether oxygens (including phenoxy) is 2. The molecule has 1 unspecified atom stereocenters. The Bertz CT molecular complexity index is 1290. The fourth-order valence-electron chi connectivity index (χ4n) is 4.34. The van der Waals surface area contributed by atoms with Crippen molar-refractivity contribution < 1.29 is 27.2 Å². The number of aromatic nitrogens is 2. The summed E-state index contributed by atoms with van der Waals surface area (Å²) in [5.74, 6) is 1.55. The number of anilines is 1. The summed E-state index contributed by atoms with van der Waals surface area (Å²) < 4.78 is 41.2. The van der Waals surface area contributed by atoms with Crippen LogP contribution in [0.5, 0.6) is 11.5 Å². The number of nitrogens with zero attached hydrogens (tertiary/aromatic N) is 3. The molecule has 1 fully saturated rings. The zero-order valence-corrected chi connectivity index (χ0v) is 21.2. The third kappa shape index (κ3) is 5.19. The Morgan fingerprint density at radius 1 is 1.06 bits per heavy atom. The molecule has 1 aromatic heterocycles. The van der Waals surface area contributed by atoms with Crippen LogP contribution in [-0.4, -0.2) is 63.0 Å². The van der Waals surface area contributed by atoms with Crippen LogP contribution in [0.25, 0.3) is 10.9 Å². The van der Waals surface area contributed by atoms with Crippen molar-refractivity contribution in [1.82, 2.24) is 9.97 Å². The first-order valence-corrected chi connectivity index (χ1v) is 12.9. The maximum absolute atomic E-state index is 12.5. The van der Waals surface area contributed by atoms with Crippen LogP contribution in [0.1, 0.15) is 25.3 Å². The molecule has 9 nitrogen and oxygen atoms in total. The molecule has 0 saturated carbocycles. The SMILES string of the molecule is COc1cc2ncnc(N3CCC(O)(C(C)COS(=O)(=O)c4ccc(C)cc4)CC3)c2cc1OC. The van der Waals surface area contributed by atoms with Gasteiger partial charge in [0.25, 0.3) is 10.1 Å². The number of benzene rings is 2. The predicted molar refractivity (Wildman–Crippen MR) is 133 cm³/mol. The van der Waals surface area contributed by atoms with Crippen LogP contribution in [0.4, 0.5) is 5.82 Å². The average Bonchev–Trinajstić information content (AvgIpc) is 2.86. The number of fused-ring (bicyclic) bond motifs is 1. The third-order valence-corrected chi connectivity index (χ3v) is 8.04. The molecule has 10 heteroatoms. The van der Waals surface area contributed by atoms with Crippen LogP contribution in [0, 0.1) is 12.8 Å². The van der Waals surface area contributed by atoms with Gasteiger partial charge in [-0.1, -0.05) is 24.6 Å². The molecule has 4 rings (SSSR count). The van der Waals surface area contributed by atoms with Gasteiger partial charge in [0.05, 0.1) is 36.8 Å². The lowest BCUT2D eigenvalue weighted by Crippen LogP contribution is -2.49. The molecule has 0 spiro atoms. The number of piperidine rings is 1. The number of aryl methyl sites for hydroxylation is 1. The summed E-state index contributed by atoms with van der Waals surface area (Å²) in [6.45, 7) is 4.70. The van der Waals surface area contributed by atoms with E-state index in [1.165, 1.54) is 18.5 Å². The quantitative estimate of drug-likeness (QED) is 0.465. The Hall–Kier alpha value is -2.95. The monoisotopic (exact) mass is 501 g/mol. The van der Waals surface area contributed by atoms with E-state index in [4.69, 9.17) is 13.7 Å². The summed E-state index contributed by atoms with van der Waals surface area (Å²) in [5.41, 5.74) is 0.646. The molecule has 1 aliphatic heterocycles. The lowest BCUT2D eigenvalue weighted by molar-refractivity contribution is -0.0459. The smallest absolute Gasteiger partial charge is 0.296 e. The van der Waals surface area contributed by atoms with Crippen LogP contribution in [0.3, 0.4) is 0 Å². The maximum atomic E-state index is 12.5. The summed E-state index contributed by atoms with van der Waals surface area (Å²) in [6.07, 6.45) is 2.40. The zero-order valence-electron chi connectivity index (χ0n) is 20.4.